The molecule has 2 N–H and O–H groups in total. The third-order valence-corrected chi connectivity index (χ3v) is 3.43. The molecule has 0 bridgehead atoms. The Bertz CT molecular complexity index is 434. The van der Waals surface area contributed by atoms with E-state index in [0.29, 0.717) is 5.89 Å². The summed E-state index contributed by atoms with van der Waals surface area (Å²) in [5, 5.41) is 19.8. The van der Waals surface area contributed by atoms with Gasteiger partial charge in [0.1, 0.15) is 0 Å². The topological polar surface area (TPSA) is 91.5 Å². The van der Waals surface area contributed by atoms with Crippen LogP contribution in [0, 0.1) is 6.92 Å². The summed E-state index contributed by atoms with van der Waals surface area (Å²) >= 11 is 0. The highest BCUT2D eigenvalue weighted by molar-refractivity contribution is 5.90. The highest BCUT2D eigenvalue weighted by Crippen LogP contribution is 2.22. The maximum atomic E-state index is 11.8. The van der Waals surface area contributed by atoms with Gasteiger partial charge in [-0.25, -0.2) is 0 Å². The Hall–Kier alpha value is -1.47. The first-order valence-corrected chi connectivity index (χ1v) is 6.54. The zero-order valence-corrected chi connectivity index (χ0v) is 11.3. The largest absolute Gasteiger partial charge is 0.408 e. The number of amides is 1. The van der Waals surface area contributed by atoms with Gasteiger partial charge in [-0.1, -0.05) is 17.9 Å². The van der Waals surface area contributed by atoms with Gasteiger partial charge in [0.2, 0.25) is 11.8 Å². The van der Waals surface area contributed by atoms with E-state index in [4.69, 9.17) is 4.42 Å². The summed E-state index contributed by atoms with van der Waals surface area (Å²) in [6.07, 6.45) is 3.52. The second-order valence-electron chi connectivity index (χ2n) is 5.01. The lowest BCUT2D eigenvalue weighted by molar-refractivity contribution is -0.118. The highest BCUT2D eigenvalue weighted by Gasteiger charge is 2.27. The molecule has 1 heterocycles. The van der Waals surface area contributed by atoms with Crippen molar-refractivity contribution in [1.29, 1.82) is 0 Å². The van der Waals surface area contributed by atoms with Crippen LogP contribution in [-0.2, 0) is 4.79 Å². The maximum Gasteiger partial charge on any atom is 0.322 e. The number of likely N-dealkylation sites (N-methyl/N-ethyl adjacent to an activating group) is 1. The van der Waals surface area contributed by atoms with E-state index in [0.717, 1.165) is 25.7 Å². The summed E-state index contributed by atoms with van der Waals surface area (Å²) in [5.41, 5.74) is 0. The van der Waals surface area contributed by atoms with Gasteiger partial charge >= 0.3 is 6.01 Å². The van der Waals surface area contributed by atoms with E-state index in [-0.39, 0.29) is 30.6 Å². The van der Waals surface area contributed by atoms with Crippen LogP contribution in [0.25, 0.3) is 0 Å². The molecule has 2 rings (SSSR count). The average molecular weight is 268 g/mol. The molecule has 1 aliphatic carbocycles. The van der Waals surface area contributed by atoms with Crippen molar-refractivity contribution in [1.82, 2.24) is 15.1 Å². The predicted molar refractivity (Wildman–Crippen MR) is 68.6 cm³/mol. The van der Waals surface area contributed by atoms with Crippen LogP contribution in [0.4, 0.5) is 6.01 Å². The predicted octanol–water partition coefficient (Wildman–Crippen LogP) is 0.552. The monoisotopic (exact) mass is 268 g/mol. The lowest BCUT2D eigenvalue weighted by Gasteiger charge is -2.34. The molecular weight excluding hydrogens is 248 g/mol. The number of carbonyl (C=O) groups excluding carboxylic acids is 1. The van der Waals surface area contributed by atoms with Gasteiger partial charge in [0.15, 0.2) is 0 Å². The Morgan fingerprint density at radius 1 is 1.47 bits per heavy atom. The van der Waals surface area contributed by atoms with Gasteiger partial charge in [0.05, 0.1) is 12.6 Å². The average Bonchev–Trinajstić information content (AvgIpc) is 2.74. The van der Waals surface area contributed by atoms with Crippen molar-refractivity contribution >= 4 is 11.9 Å². The van der Waals surface area contributed by atoms with Gasteiger partial charge in [0, 0.05) is 13.0 Å². The van der Waals surface area contributed by atoms with Gasteiger partial charge in [-0.3, -0.25) is 15.0 Å². The number of nitrogens with zero attached hydrogens (tertiary/aromatic N) is 3. The molecule has 19 heavy (non-hydrogen) atoms. The standard InChI is InChI=1S/C12H20N4O3/c1-8-14-15-12(19-8)13-11(18)7-16(2)9-5-3-4-6-10(9)17/h9-10,17H,3-7H2,1-2H3,(H,13,15,18). The minimum absolute atomic E-state index is 0.0453. The summed E-state index contributed by atoms with van der Waals surface area (Å²) in [4.78, 5) is 13.7. The van der Waals surface area contributed by atoms with E-state index in [1.165, 1.54) is 0 Å². The minimum atomic E-state index is -0.350. The van der Waals surface area contributed by atoms with Crippen molar-refractivity contribution in [3.63, 3.8) is 0 Å². The van der Waals surface area contributed by atoms with Gasteiger partial charge in [-0.05, 0) is 19.9 Å². The third-order valence-electron chi connectivity index (χ3n) is 3.43. The van der Waals surface area contributed by atoms with E-state index in [1.807, 2.05) is 11.9 Å². The van der Waals surface area contributed by atoms with Crippen LogP contribution >= 0.6 is 0 Å². The summed E-state index contributed by atoms with van der Waals surface area (Å²) in [6, 6.07) is 0.156. The molecule has 1 aromatic rings. The zero-order valence-electron chi connectivity index (χ0n) is 11.3. The van der Waals surface area contributed by atoms with Crippen LogP contribution in [0.3, 0.4) is 0 Å². The fourth-order valence-electron chi connectivity index (χ4n) is 2.46. The quantitative estimate of drug-likeness (QED) is 0.828. The van der Waals surface area contributed by atoms with Crippen LogP contribution in [0.1, 0.15) is 31.6 Å². The number of carbonyl (C=O) groups is 1. The van der Waals surface area contributed by atoms with Crippen LogP contribution < -0.4 is 5.32 Å². The summed E-state index contributed by atoms with van der Waals surface area (Å²) in [6.45, 7) is 1.86. The molecule has 0 radical (unpaired) electrons. The van der Waals surface area contributed by atoms with Crippen LogP contribution in [0.5, 0.6) is 0 Å². The summed E-state index contributed by atoms with van der Waals surface area (Å²) in [7, 11) is 1.85. The van der Waals surface area contributed by atoms with E-state index < -0.39 is 0 Å². The van der Waals surface area contributed by atoms with Gasteiger partial charge in [-0.15, -0.1) is 5.10 Å². The first-order valence-electron chi connectivity index (χ1n) is 6.54. The number of nitrogens with one attached hydrogen (secondary N) is 1. The maximum absolute atomic E-state index is 11.8. The normalized spacial score (nSPS) is 23.6. The van der Waals surface area contributed by atoms with E-state index in [2.05, 4.69) is 15.5 Å². The number of hydrogen-bond acceptors (Lipinski definition) is 6. The number of anilines is 1. The minimum Gasteiger partial charge on any atom is -0.408 e. The number of hydrogen-bond donors (Lipinski definition) is 2. The molecule has 7 heteroatoms. The molecule has 2 unspecified atom stereocenters. The first kappa shape index (κ1) is 14.0. The lowest BCUT2D eigenvalue weighted by atomic mass is 9.91. The van der Waals surface area contributed by atoms with Crippen molar-refractivity contribution in [2.24, 2.45) is 0 Å². The Morgan fingerprint density at radius 2 is 2.21 bits per heavy atom. The fraction of sp³-hybridized carbons (Fsp3) is 0.750. The van der Waals surface area contributed by atoms with E-state index in [9.17, 15) is 9.90 Å². The smallest absolute Gasteiger partial charge is 0.322 e. The Labute approximate surface area is 112 Å². The Balaban J connectivity index is 1.84. The molecule has 0 aliphatic heterocycles. The van der Waals surface area contributed by atoms with Gasteiger partial charge in [0.25, 0.3) is 0 Å². The van der Waals surface area contributed by atoms with Crippen LogP contribution in [0.15, 0.2) is 4.42 Å². The molecule has 0 saturated heterocycles. The molecule has 0 spiro atoms. The number of rotatable bonds is 4. The summed E-state index contributed by atoms with van der Waals surface area (Å²) < 4.78 is 5.08. The fourth-order valence-corrected chi connectivity index (χ4v) is 2.46. The molecule has 1 saturated carbocycles. The van der Waals surface area contributed by atoms with E-state index in [1.54, 1.807) is 6.92 Å². The van der Waals surface area contributed by atoms with Gasteiger partial charge < -0.3 is 9.52 Å². The second-order valence-corrected chi connectivity index (χ2v) is 5.01. The van der Waals surface area contributed by atoms with Gasteiger partial charge in [-0.2, -0.15) is 0 Å². The molecule has 7 nitrogen and oxygen atoms in total. The van der Waals surface area contributed by atoms with Crippen molar-refractivity contribution in [3.8, 4) is 0 Å². The Morgan fingerprint density at radius 3 is 2.84 bits per heavy atom. The third kappa shape index (κ3) is 3.74. The molecule has 1 aromatic heterocycles. The molecule has 0 aromatic carbocycles. The van der Waals surface area contributed by atoms with Crippen LogP contribution in [-0.4, -0.2) is 51.8 Å². The molecule has 106 valence electrons. The van der Waals surface area contributed by atoms with Crippen molar-refractivity contribution in [2.75, 3.05) is 18.9 Å². The molecule has 1 aliphatic rings. The highest BCUT2D eigenvalue weighted by atomic mass is 16.4. The number of aromatic nitrogens is 2. The zero-order chi connectivity index (χ0) is 13.8. The van der Waals surface area contributed by atoms with Crippen molar-refractivity contribution in [2.45, 2.75) is 44.8 Å². The summed E-state index contributed by atoms with van der Waals surface area (Å²) in [5.74, 6) is 0.190. The first-order chi connectivity index (χ1) is 9.06. The number of aliphatic hydroxyl groups is 1. The van der Waals surface area contributed by atoms with E-state index >= 15 is 0 Å². The molecule has 1 fully saturated rings. The SMILES string of the molecule is Cc1nnc(NC(=O)CN(C)C2CCCCC2O)o1. The lowest BCUT2D eigenvalue weighted by Crippen LogP contribution is -2.46. The van der Waals surface area contributed by atoms with Crippen LogP contribution in [0.2, 0.25) is 0 Å². The second kappa shape index (κ2) is 6.12. The van der Waals surface area contributed by atoms with Crippen molar-refractivity contribution < 1.29 is 14.3 Å². The molecular formula is C12H20N4O3. The number of aryl methyl sites for hydroxylation is 1. The molecule has 1 amide bonds. The van der Waals surface area contributed by atoms with Crippen molar-refractivity contribution in [3.05, 3.63) is 5.89 Å². The Kier molecular flexibility index (Phi) is 4.49. The molecule has 2 atom stereocenters. The number of aliphatic hydroxyl groups excluding tert-OH is 1.